The van der Waals surface area contributed by atoms with Crippen molar-refractivity contribution in [3.8, 4) is 11.5 Å². The number of hydrogen-bond donors (Lipinski definition) is 2. The second-order valence-electron chi connectivity index (χ2n) is 4.91. The quantitative estimate of drug-likeness (QED) is 0.827. The largest absolute Gasteiger partial charge is 0.497 e. The van der Waals surface area contributed by atoms with Crippen molar-refractivity contribution < 1.29 is 14.6 Å². The molecular formula is C14H22N2O3. The molecule has 1 aliphatic heterocycles. The van der Waals surface area contributed by atoms with Crippen molar-refractivity contribution in [2.24, 2.45) is 11.7 Å². The summed E-state index contributed by atoms with van der Waals surface area (Å²) in [6, 6.07) is 5.71. The van der Waals surface area contributed by atoms with Crippen LogP contribution in [-0.4, -0.2) is 45.1 Å². The molecule has 0 radical (unpaired) electrons. The van der Waals surface area contributed by atoms with Crippen molar-refractivity contribution in [3.05, 3.63) is 18.2 Å². The van der Waals surface area contributed by atoms with Gasteiger partial charge in [0.1, 0.15) is 11.5 Å². The number of aliphatic hydroxyl groups is 1. The van der Waals surface area contributed by atoms with Crippen LogP contribution in [0.15, 0.2) is 18.2 Å². The molecule has 19 heavy (non-hydrogen) atoms. The van der Waals surface area contributed by atoms with E-state index in [0.29, 0.717) is 5.92 Å². The molecule has 0 saturated carbocycles. The molecule has 1 aliphatic rings. The van der Waals surface area contributed by atoms with Gasteiger partial charge in [-0.15, -0.1) is 0 Å². The highest BCUT2D eigenvalue weighted by Gasteiger charge is 2.27. The van der Waals surface area contributed by atoms with Gasteiger partial charge in [0, 0.05) is 43.0 Å². The first-order chi connectivity index (χ1) is 9.17. The maximum absolute atomic E-state index is 9.13. The Balaban J connectivity index is 2.14. The summed E-state index contributed by atoms with van der Waals surface area (Å²) in [4.78, 5) is 2.26. The lowest BCUT2D eigenvalue weighted by Gasteiger charge is -2.21. The van der Waals surface area contributed by atoms with Crippen LogP contribution in [0.4, 0.5) is 5.69 Å². The van der Waals surface area contributed by atoms with Crippen LogP contribution in [0, 0.1) is 5.92 Å². The van der Waals surface area contributed by atoms with Crippen LogP contribution in [0.5, 0.6) is 11.5 Å². The molecule has 2 unspecified atom stereocenters. The summed E-state index contributed by atoms with van der Waals surface area (Å²) in [5.74, 6) is 1.90. The zero-order valence-corrected chi connectivity index (χ0v) is 11.5. The highest BCUT2D eigenvalue weighted by Crippen LogP contribution is 2.32. The van der Waals surface area contributed by atoms with Crippen molar-refractivity contribution in [1.29, 1.82) is 0 Å². The van der Waals surface area contributed by atoms with Crippen molar-refractivity contribution in [2.75, 3.05) is 38.8 Å². The van der Waals surface area contributed by atoms with Gasteiger partial charge < -0.3 is 25.2 Å². The molecule has 106 valence electrons. The van der Waals surface area contributed by atoms with E-state index in [1.54, 1.807) is 14.2 Å². The molecule has 5 nitrogen and oxygen atoms in total. The third kappa shape index (κ3) is 3.11. The topological polar surface area (TPSA) is 68.0 Å². The number of hydrogen-bond acceptors (Lipinski definition) is 5. The Bertz CT molecular complexity index is 403. The second-order valence-corrected chi connectivity index (χ2v) is 4.91. The summed E-state index contributed by atoms with van der Waals surface area (Å²) in [7, 11) is 3.29. The van der Waals surface area contributed by atoms with Crippen molar-refractivity contribution >= 4 is 5.69 Å². The summed E-state index contributed by atoms with van der Waals surface area (Å²) < 4.78 is 10.6. The Morgan fingerprint density at radius 1 is 1.32 bits per heavy atom. The average molecular weight is 266 g/mol. The monoisotopic (exact) mass is 266 g/mol. The number of ether oxygens (including phenoxy) is 2. The van der Waals surface area contributed by atoms with E-state index in [0.717, 1.165) is 36.7 Å². The van der Waals surface area contributed by atoms with Crippen LogP contribution >= 0.6 is 0 Å². The molecule has 1 fully saturated rings. The Kier molecular flexibility index (Phi) is 4.50. The number of rotatable bonds is 5. The summed E-state index contributed by atoms with van der Waals surface area (Å²) in [5.41, 5.74) is 6.98. The molecule has 1 aromatic carbocycles. The second kappa shape index (κ2) is 6.12. The molecule has 1 saturated heterocycles. The Labute approximate surface area is 113 Å². The van der Waals surface area contributed by atoms with E-state index in [-0.39, 0.29) is 12.6 Å². The first kappa shape index (κ1) is 14.0. The number of aliphatic hydroxyl groups excluding tert-OH is 1. The van der Waals surface area contributed by atoms with Crippen LogP contribution in [0.3, 0.4) is 0 Å². The predicted molar refractivity (Wildman–Crippen MR) is 74.9 cm³/mol. The third-order valence-electron chi connectivity index (χ3n) is 3.74. The zero-order valence-electron chi connectivity index (χ0n) is 11.5. The molecule has 2 atom stereocenters. The van der Waals surface area contributed by atoms with E-state index in [2.05, 4.69) is 4.90 Å². The first-order valence-corrected chi connectivity index (χ1v) is 6.52. The molecule has 0 aromatic heterocycles. The number of methoxy groups -OCH3 is 2. The summed E-state index contributed by atoms with van der Waals surface area (Å²) in [6.45, 7) is 1.84. The van der Waals surface area contributed by atoms with Gasteiger partial charge in [-0.1, -0.05) is 0 Å². The summed E-state index contributed by atoms with van der Waals surface area (Å²) >= 11 is 0. The maximum Gasteiger partial charge on any atom is 0.124 e. The molecule has 0 amide bonds. The first-order valence-electron chi connectivity index (χ1n) is 6.52. The van der Waals surface area contributed by atoms with Gasteiger partial charge in [-0.3, -0.25) is 0 Å². The molecule has 0 bridgehead atoms. The van der Waals surface area contributed by atoms with Crippen LogP contribution in [0.2, 0.25) is 0 Å². The molecule has 0 spiro atoms. The molecule has 1 aromatic rings. The molecule has 1 heterocycles. The van der Waals surface area contributed by atoms with Crippen LogP contribution in [0.1, 0.15) is 6.42 Å². The fraction of sp³-hybridized carbons (Fsp3) is 0.571. The fourth-order valence-corrected chi connectivity index (χ4v) is 2.50. The van der Waals surface area contributed by atoms with E-state index in [1.807, 2.05) is 18.2 Å². The summed E-state index contributed by atoms with van der Waals surface area (Å²) in [5, 5.41) is 9.13. The standard InChI is InChI=1S/C14H22N2O3/c1-18-12-5-11(6-13(7-12)19-2)16-4-3-10(8-16)14(15)9-17/h5-7,10,14,17H,3-4,8-9,15H2,1-2H3. The van der Waals surface area contributed by atoms with Gasteiger partial charge in [0.05, 0.1) is 20.8 Å². The van der Waals surface area contributed by atoms with Gasteiger partial charge in [0.15, 0.2) is 0 Å². The van der Waals surface area contributed by atoms with Gasteiger partial charge in [0.2, 0.25) is 0 Å². The van der Waals surface area contributed by atoms with E-state index in [1.165, 1.54) is 0 Å². The lowest BCUT2D eigenvalue weighted by Crippen LogP contribution is -2.35. The molecular weight excluding hydrogens is 244 g/mol. The van der Waals surface area contributed by atoms with E-state index in [4.69, 9.17) is 20.3 Å². The average Bonchev–Trinajstić information content (AvgIpc) is 2.95. The van der Waals surface area contributed by atoms with Crippen LogP contribution in [0.25, 0.3) is 0 Å². The Morgan fingerprint density at radius 2 is 1.95 bits per heavy atom. The molecule has 3 N–H and O–H groups in total. The van der Waals surface area contributed by atoms with Crippen molar-refractivity contribution in [1.82, 2.24) is 0 Å². The number of nitrogens with zero attached hydrogens (tertiary/aromatic N) is 1. The highest BCUT2D eigenvalue weighted by molar-refractivity contribution is 5.56. The van der Waals surface area contributed by atoms with E-state index < -0.39 is 0 Å². The normalized spacial score (nSPS) is 20.4. The molecule has 5 heteroatoms. The Morgan fingerprint density at radius 3 is 2.47 bits per heavy atom. The van der Waals surface area contributed by atoms with Gasteiger partial charge in [-0.05, 0) is 12.3 Å². The van der Waals surface area contributed by atoms with Gasteiger partial charge in [-0.25, -0.2) is 0 Å². The molecule has 0 aliphatic carbocycles. The minimum absolute atomic E-state index is 0.0416. The van der Waals surface area contributed by atoms with Crippen molar-refractivity contribution in [3.63, 3.8) is 0 Å². The van der Waals surface area contributed by atoms with Crippen LogP contribution in [-0.2, 0) is 0 Å². The van der Waals surface area contributed by atoms with E-state index in [9.17, 15) is 0 Å². The number of nitrogens with two attached hydrogens (primary N) is 1. The lowest BCUT2D eigenvalue weighted by atomic mass is 10.0. The van der Waals surface area contributed by atoms with Gasteiger partial charge in [-0.2, -0.15) is 0 Å². The smallest absolute Gasteiger partial charge is 0.124 e. The predicted octanol–water partition coefficient (Wildman–Crippen LogP) is 0.850. The fourth-order valence-electron chi connectivity index (χ4n) is 2.50. The maximum atomic E-state index is 9.13. The lowest BCUT2D eigenvalue weighted by molar-refractivity contribution is 0.233. The number of anilines is 1. The van der Waals surface area contributed by atoms with E-state index >= 15 is 0 Å². The Hall–Kier alpha value is -1.46. The molecule has 2 rings (SSSR count). The SMILES string of the molecule is COc1cc(OC)cc(N2CCC(C(N)CO)C2)c1. The summed E-state index contributed by atoms with van der Waals surface area (Å²) in [6.07, 6.45) is 1.00. The van der Waals surface area contributed by atoms with Gasteiger partial charge in [0.25, 0.3) is 0 Å². The number of benzene rings is 1. The van der Waals surface area contributed by atoms with Crippen LogP contribution < -0.4 is 20.1 Å². The minimum atomic E-state index is -0.141. The zero-order chi connectivity index (χ0) is 13.8. The minimum Gasteiger partial charge on any atom is -0.497 e. The van der Waals surface area contributed by atoms with Gasteiger partial charge >= 0.3 is 0 Å². The highest BCUT2D eigenvalue weighted by atomic mass is 16.5. The third-order valence-corrected chi connectivity index (χ3v) is 3.74. The van der Waals surface area contributed by atoms with Crippen molar-refractivity contribution in [2.45, 2.75) is 12.5 Å².